The number of hydrogen-bond acceptors (Lipinski definition) is 0. The fourth-order valence-corrected chi connectivity index (χ4v) is 1.87. The summed E-state index contributed by atoms with van der Waals surface area (Å²) in [6, 6.07) is 0. The van der Waals surface area contributed by atoms with E-state index in [-0.39, 0.29) is 0 Å². The van der Waals surface area contributed by atoms with Gasteiger partial charge in [0.2, 0.25) is 0 Å². The fraction of sp³-hybridized carbons (Fsp3) is 0.667. The second-order valence-corrected chi connectivity index (χ2v) is 4.85. The standard InChI is InChI=1S/C18H32/c1-3-5-7-9-11-13-15-17-18-16-14-12-10-8-6-4-2/h5,7,11,13,17-18H,3-4,6,8-10,12,14-16H2,1-2H3/b7-5-,13-11-,18-17?. The van der Waals surface area contributed by atoms with E-state index in [1.54, 1.807) is 0 Å². The van der Waals surface area contributed by atoms with Crippen LogP contribution < -0.4 is 0 Å². The summed E-state index contributed by atoms with van der Waals surface area (Å²) >= 11 is 0. The molecule has 0 amide bonds. The highest BCUT2D eigenvalue weighted by molar-refractivity contribution is 4.96. The van der Waals surface area contributed by atoms with Crippen molar-refractivity contribution in [1.29, 1.82) is 0 Å². The van der Waals surface area contributed by atoms with Gasteiger partial charge in [-0.05, 0) is 32.1 Å². The number of unbranched alkanes of at least 4 members (excludes halogenated alkanes) is 6. The van der Waals surface area contributed by atoms with Crippen LogP contribution in [0.25, 0.3) is 0 Å². The van der Waals surface area contributed by atoms with Gasteiger partial charge in [0, 0.05) is 0 Å². The van der Waals surface area contributed by atoms with E-state index in [4.69, 9.17) is 0 Å². The van der Waals surface area contributed by atoms with Crippen LogP contribution in [0.2, 0.25) is 0 Å². The molecule has 0 bridgehead atoms. The highest BCUT2D eigenvalue weighted by Gasteiger charge is 1.87. The molecule has 0 saturated carbocycles. The SMILES string of the molecule is CC/C=C\C/C=C\CC=CCCCCCCCC. The second-order valence-electron chi connectivity index (χ2n) is 4.85. The van der Waals surface area contributed by atoms with Crippen molar-refractivity contribution in [2.75, 3.05) is 0 Å². The molecule has 0 atom stereocenters. The summed E-state index contributed by atoms with van der Waals surface area (Å²) in [4.78, 5) is 0. The van der Waals surface area contributed by atoms with Crippen LogP contribution in [0.4, 0.5) is 0 Å². The van der Waals surface area contributed by atoms with E-state index in [2.05, 4.69) is 50.3 Å². The molecule has 0 radical (unpaired) electrons. The zero-order valence-corrected chi connectivity index (χ0v) is 12.5. The lowest BCUT2D eigenvalue weighted by Crippen LogP contribution is -1.77. The Morgan fingerprint density at radius 3 is 1.78 bits per heavy atom. The van der Waals surface area contributed by atoms with Gasteiger partial charge in [-0.3, -0.25) is 0 Å². The molecule has 0 aliphatic rings. The zero-order valence-electron chi connectivity index (χ0n) is 12.5. The molecule has 0 fully saturated rings. The maximum Gasteiger partial charge on any atom is -0.0169 e. The second kappa shape index (κ2) is 16.2. The Morgan fingerprint density at radius 1 is 0.556 bits per heavy atom. The third-order valence-electron chi connectivity index (χ3n) is 3.00. The Kier molecular flexibility index (Phi) is 15.5. The van der Waals surface area contributed by atoms with Crippen molar-refractivity contribution in [2.24, 2.45) is 0 Å². The molecule has 0 aliphatic heterocycles. The molecule has 0 aromatic carbocycles. The molecule has 0 saturated heterocycles. The van der Waals surface area contributed by atoms with Gasteiger partial charge in [-0.25, -0.2) is 0 Å². The van der Waals surface area contributed by atoms with Crippen molar-refractivity contribution in [3.05, 3.63) is 36.5 Å². The quantitative estimate of drug-likeness (QED) is 0.270. The van der Waals surface area contributed by atoms with Crippen LogP contribution in [0.3, 0.4) is 0 Å². The van der Waals surface area contributed by atoms with Crippen molar-refractivity contribution in [3.63, 3.8) is 0 Å². The summed E-state index contributed by atoms with van der Waals surface area (Å²) in [5.74, 6) is 0. The summed E-state index contributed by atoms with van der Waals surface area (Å²) in [5.41, 5.74) is 0. The molecule has 0 nitrogen and oxygen atoms in total. The molecule has 18 heavy (non-hydrogen) atoms. The van der Waals surface area contributed by atoms with Crippen molar-refractivity contribution < 1.29 is 0 Å². The van der Waals surface area contributed by atoms with E-state index in [1.165, 1.54) is 44.9 Å². The Hall–Kier alpha value is -0.780. The van der Waals surface area contributed by atoms with E-state index in [1.807, 2.05) is 0 Å². The van der Waals surface area contributed by atoms with Gasteiger partial charge in [0.15, 0.2) is 0 Å². The maximum atomic E-state index is 2.34. The van der Waals surface area contributed by atoms with Crippen LogP contribution in [0.1, 0.15) is 78.1 Å². The van der Waals surface area contributed by atoms with Gasteiger partial charge in [0.05, 0.1) is 0 Å². The lowest BCUT2D eigenvalue weighted by Gasteiger charge is -1.97. The predicted molar refractivity (Wildman–Crippen MR) is 84.9 cm³/mol. The molecule has 0 aromatic rings. The van der Waals surface area contributed by atoms with Crippen molar-refractivity contribution in [1.82, 2.24) is 0 Å². The molecular weight excluding hydrogens is 216 g/mol. The average molecular weight is 248 g/mol. The van der Waals surface area contributed by atoms with Gasteiger partial charge in [0.25, 0.3) is 0 Å². The molecule has 0 rings (SSSR count). The van der Waals surface area contributed by atoms with Crippen molar-refractivity contribution in [2.45, 2.75) is 78.1 Å². The molecule has 0 heteroatoms. The van der Waals surface area contributed by atoms with E-state index in [9.17, 15) is 0 Å². The van der Waals surface area contributed by atoms with Gasteiger partial charge in [-0.2, -0.15) is 0 Å². The Labute approximate surface area is 115 Å². The van der Waals surface area contributed by atoms with Crippen LogP contribution in [-0.4, -0.2) is 0 Å². The number of rotatable bonds is 12. The van der Waals surface area contributed by atoms with Gasteiger partial charge in [0.1, 0.15) is 0 Å². The minimum atomic E-state index is 1.08. The zero-order chi connectivity index (χ0) is 13.3. The molecule has 0 aliphatic carbocycles. The van der Waals surface area contributed by atoms with Gasteiger partial charge >= 0.3 is 0 Å². The topological polar surface area (TPSA) is 0 Å². The third-order valence-corrected chi connectivity index (χ3v) is 3.00. The summed E-state index contributed by atoms with van der Waals surface area (Å²) in [6.45, 7) is 4.44. The van der Waals surface area contributed by atoms with E-state index in [0.717, 1.165) is 19.3 Å². The first kappa shape index (κ1) is 17.2. The van der Waals surface area contributed by atoms with E-state index < -0.39 is 0 Å². The molecule has 0 N–H and O–H groups in total. The molecule has 0 heterocycles. The highest BCUT2D eigenvalue weighted by Crippen LogP contribution is 2.07. The smallest absolute Gasteiger partial charge is 0.0169 e. The summed E-state index contributed by atoms with van der Waals surface area (Å²) in [7, 11) is 0. The molecule has 104 valence electrons. The van der Waals surface area contributed by atoms with Crippen molar-refractivity contribution in [3.8, 4) is 0 Å². The molecule has 0 aromatic heterocycles. The minimum Gasteiger partial charge on any atom is -0.0885 e. The Morgan fingerprint density at radius 2 is 1.11 bits per heavy atom. The Balaban J connectivity index is 3.20. The van der Waals surface area contributed by atoms with Gasteiger partial charge in [-0.15, -0.1) is 0 Å². The minimum absolute atomic E-state index is 1.08. The normalized spacial score (nSPS) is 12.3. The number of allylic oxidation sites excluding steroid dienone is 6. The van der Waals surface area contributed by atoms with Crippen LogP contribution in [0.15, 0.2) is 36.5 Å². The van der Waals surface area contributed by atoms with Crippen LogP contribution in [0.5, 0.6) is 0 Å². The first-order chi connectivity index (χ1) is 8.91. The summed E-state index contributed by atoms with van der Waals surface area (Å²) in [6.07, 6.45) is 26.6. The monoisotopic (exact) mass is 248 g/mol. The highest BCUT2D eigenvalue weighted by atomic mass is 13.9. The largest absolute Gasteiger partial charge is 0.0885 e. The molecule has 0 spiro atoms. The average Bonchev–Trinajstić information content (AvgIpc) is 2.39. The third kappa shape index (κ3) is 15.2. The summed E-state index contributed by atoms with van der Waals surface area (Å²) < 4.78 is 0. The van der Waals surface area contributed by atoms with Crippen LogP contribution in [0, 0.1) is 0 Å². The number of hydrogen-bond donors (Lipinski definition) is 0. The lowest BCUT2D eigenvalue weighted by molar-refractivity contribution is 0.611. The van der Waals surface area contributed by atoms with Gasteiger partial charge in [-0.1, -0.05) is 82.4 Å². The molecular formula is C18H32. The van der Waals surface area contributed by atoms with Gasteiger partial charge < -0.3 is 0 Å². The molecule has 0 unspecified atom stereocenters. The van der Waals surface area contributed by atoms with Crippen LogP contribution in [-0.2, 0) is 0 Å². The fourth-order valence-electron chi connectivity index (χ4n) is 1.87. The first-order valence-electron chi connectivity index (χ1n) is 7.86. The maximum absolute atomic E-state index is 2.34. The lowest BCUT2D eigenvalue weighted by atomic mass is 10.1. The first-order valence-corrected chi connectivity index (χ1v) is 7.86. The predicted octanol–water partition coefficient (Wildman–Crippen LogP) is 6.60. The summed E-state index contributed by atoms with van der Waals surface area (Å²) in [5, 5.41) is 0. The Bertz CT molecular complexity index is 220. The van der Waals surface area contributed by atoms with Crippen molar-refractivity contribution >= 4 is 0 Å². The van der Waals surface area contributed by atoms with E-state index in [0.29, 0.717) is 0 Å². The van der Waals surface area contributed by atoms with Crippen LogP contribution >= 0.6 is 0 Å². The van der Waals surface area contributed by atoms with E-state index >= 15 is 0 Å².